The highest BCUT2D eigenvalue weighted by atomic mass is 16.1. The lowest BCUT2D eigenvalue weighted by Gasteiger charge is -2.58. The molecule has 2 nitrogen and oxygen atoms in total. The molecule has 0 aromatic rings. The molecule has 0 radical (unpaired) electrons. The van der Waals surface area contributed by atoms with E-state index in [9.17, 15) is 9.59 Å². The second-order valence-electron chi connectivity index (χ2n) is 8.49. The second kappa shape index (κ2) is 4.30. The maximum Gasteiger partial charge on any atom is 0.155 e. The number of carbonyl (C=O) groups is 2. The van der Waals surface area contributed by atoms with Crippen LogP contribution in [-0.2, 0) is 9.59 Å². The van der Waals surface area contributed by atoms with Gasteiger partial charge in [0.25, 0.3) is 0 Å². The summed E-state index contributed by atoms with van der Waals surface area (Å²) in [5, 5.41) is 0. The van der Waals surface area contributed by atoms with Gasteiger partial charge in [0.1, 0.15) is 5.78 Å². The van der Waals surface area contributed by atoms with E-state index < -0.39 is 0 Å². The summed E-state index contributed by atoms with van der Waals surface area (Å²) >= 11 is 0. The number of hydrogen-bond acceptors (Lipinski definition) is 2. The monoisotopic (exact) mass is 286 g/mol. The van der Waals surface area contributed by atoms with Crippen LogP contribution in [0.25, 0.3) is 0 Å². The normalized spacial score (nSPS) is 52.3. The van der Waals surface area contributed by atoms with E-state index in [1.165, 1.54) is 12.8 Å². The van der Waals surface area contributed by atoms with Crippen molar-refractivity contribution in [1.82, 2.24) is 0 Å². The minimum atomic E-state index is -0.0428. The molecule has 0 bridgehead atoms. The number of allylic oxidation sites excluding steroid dienone is 2. The molecule has 4 aliphatic carbocycles. The number of carbonyl (C=O) groups excluding carboxylic acids is 2. The Morgan fingerprint density at radius 3 is 2.67 bits per heavy atom. The van der Waals surface area contributed by atoms with Gasteiger partial charge in [-0.1, -0.05) is 19.9 Å². The first-order chi connectivity index (χ1) is 9.95. The number of fused-ring (bicyclic) bond motifs is 5. The first kappa shape index (κ1) is 13.7. The summed E-state index contributed by atoms with van der Waals surface area (Å²) in [7, 11) is 0. The lowest BCUT2D eigenvalue weighted by Crippen LogP contribution is -2.53. The first-order valence-corrected chi connectivity index (χ1v) is 8.69. The molecule has 0 amide bonds. The predicted molar refractivity (Wildman–Crippen MR) is 81.6 cm³/mol. The van der Waals surface area contributed by atoms with Gasteiger partial charge in [-0.15, -0.1) is 0 Å². The third-order valence-corrected chi connectivity index (χ3v) is 7.72. The van der Waals surface area contributed by atoms with Gasteiger partial charge in [0.15, 0.2) is 5.78 Å². The number of hydrogen-bond donors (Lipinski definition) is 0. The van der Waals surface area contributed by atoms with Crippen LogP contribution in [0.2, 0.25) is 0 Å². The quantitative estimate of drug-likeness (QED) is 0.676. The third-order valence-electron chi connectivity index (χ3n) is 7.72. The minimum absolute atomic E-state index is 0.0428. The zero-order chi connectivity index (χ0) is 14.8. The zero-order valence-electron chi connectivity index (χ0n) is 13.2. The van der Waals surface area contributed by atoms with Crippen LogP contribution in [0.3, 0.4) is 0 Å². The van der Waals surface area contributed by atoms with Crippen LogP contribution in [0.1, 0.15) is 58.8 Å². The minimum Gasteiger partial charge on any atom is -0.299 e. The highest BCUT2D eigenvalue weighted by Crippen LogP contribution is 2.64. The lowest BCUT2D eigenvalue weighted by atomic mass is 9.46. The molecule has 0 aromatic carbocycles. The fourth-order valence-corrected chi connectivity index (χ4v) is 6.49. The Balaban J connectivity index is 1.70. The molecule has 0 aliphatic heterocycles. The Labute approximate surface area is 127 Å². The first-order valence-electron chi connectivity index (χ1n) is 8.69. The van der Waals surface area contributed by atoms with Crippen molar-refractivity contribution in [1.29, 1.82) is 0 Å². The molecule has 4 rings (SSSR count). The van der Waals surface area contributed by atoms with Crippen molar-refractivity contribution in [3.63, 3.8) is 0 Å². The van der Waals surface area contributed by atoms with E-state index >= 15 is 0 Å². The summed E-state index contributed by atoms with van der Waals surface area (Å²) < 4.78 is 0. The molecule has 114 valence electrons. The van der Waals surface area contributed by atoms with E-state index in [2.05, 4.69) is 19.9 Å². The SMILES string of the molecule is C[C@]12CC(=O)C=CC1CC[C@@H]1[C@@H]2CC[C@]2(C)C(=O)CC[C@@H]12. The molecule has 4 aliphatic rings. The van der Waals surface area contributed by atoms with Crippen molar-refractivity contribution < 1.29 is 9.59 Å². The topological polar surface area (TPSA) is 34.1 Å². The van der Waals surface area contributed by atoms with Gasteiger partial charge in [-0.25, -0.2) is 0 Å². The summed E-state index contributed by atoms with van der Waals surface area (Å²) in [6, 6.07) is 0. The van der Waals surface area contributed by atoms with Crippen molar-refractivity contribution in [2.75, 3.05) is 0 Å². The molecule has 6 atom stereocenters. The van der Waals surface area contributed by atoms with Gasteiger partial charge in [0.2, 0.25) is 0 Å². The molecule has 3 fully saturated rings. The van der Waals surface area contributed by atoms with Crippen LogP contribution in [-0.4, -0.2) is 11.6 Å². The largest absolute Gasteiger partial charge is 0.299 e. The Bertz CT molecular complexity index is 534. The van der Waals surface area contributed by atoms with Gasteiger partial charge in [-0.3, -0.25) is 9.59 Å². The molecule has 2 heteroatoms. The highest BCUT2D eigenvalue weighted by molar-refractivity contribution is 5.91. The van der Waals surface area contributed by atoms with E-state index in [1.54, 1.807) is 0 Å². The van der Waals surface area contributed by atoms with Crippen LogP contribution in [0.4, 0.5) is 0 Å². The number of Topliss-reactive ketones (excluding diaryl/α,β-unsaturated/α-hetero) is 1. The van der Waals surface area contributed by atoms with E-state index in [-0.39, 0.29) is 10.8 Å². The van der Waals surface area contributed by atoms with Crippen LogP contribution in [0, 0.1) is 34.5 Å². The molecule has 0 aromatic heterocycles. The number of rotatable bonds is 0. The van der Waals surface area contributed by atoms with E-state index in [0.717, 1.165) is 32.1 Å². The molecule has 0 heterocycles. The van der Waals surface area contributed by atoms with E-state index in [1.807, 2.05) is 6.08 Å². The smallest absolute Gasteiger partial charge is 0.155 e. The Hall–Kier alpha value is -0.920. The van der Waals surface area contributed by atoms with Gasteiger partial charge in [-0.2, -0.15) is 0 Å². The van der Waals surface area contributed by atoms with Gasteiger partial charge >= 0.3 is 0 Å². The van der Waals surface area contributed by atoms with Crippen molar-refractivity contribution in [2.24, 2.45) is 34.5 Å². The molecule has 0 N–H and O–H groups in total. The molecule has 3 saturated carbocycles. The summed E-state index contributed by atoms with van der Waals surface area (Å²) in [6.45, 7) is 4.58. The molecule has 0 spiro atoms. The number of ketones is 2. The maximum absolute atomic E-state index is 12.4. The summed E-state index contributed by atoms with van der Waals surface area (Å²) in [5.74, 6) is 3.31. The van der Waals surface area contributed by atoms with E-state index in [4.69, 9.17) is 0 Å². The van der Waals surface area contributed by atoms with Gasteiger partial charge in [0, 0.05) is 18.3 Å². The van der Waals surface area contributed by atoms with Gasteiger partial charge in [-0.05, 0) is 67.3 Å². The van der Waals surface area contributed by atoms with Gasteiger partial charge < -0.3 is 0 Å². The van der Waals surface area contributed by atoms with Crippen molar-refractivity contribution >= 4 is 11.6 Å². The molecule has 1 unspecified atom stereocenters. The Morgan fingerprint density at radius 1 is 1.05 bits per heavy atom. The van der Waals surface area contributed by atoms with Crippen LogP contribution in [0.15, 0.2) is 12.2 Å². The van der Waals surface area contributed by atoms with E-state index in [0.29, 0.717) is 35.2 Å². The third kappa shape index (κ3) is 1.71. The van der Waals surface area contributed by atoms with Crippen molar-refractivity contribution in [3.8, 4) is 0 Å². The average Bonchev–Trinajstić information content (AvgIpc) is 2.74. The standard InChI is InChI=1S/C19H26O2/c1-18-10-9-16-14(15(18)7-8-17(18)21)6-4-12-3-5-13(20)11-19(12,16)2/h3,5,12,14-16H,4,6-11H2,1-2H3/t12?,14-,15-,16-,18-,19-/m0/s1. The molecule has 0 saturated heterocycles. The van der Waals surface area contributed by atoms with Crippen LogP contribution >= 0.6 is 0 Å². The average molecular weight is 286 g/mol. The van der Waals surface area contributed by atoms with Gasteiger partial charge in [0.05, 0.1) is 0 Å². The lowest BCUT2D eigenvalue weighted by molar-refractivity contribution is -0.138. The molecular weight excluding hydrogens is 260 g/mol. The fraction of sp³-hybridized carbons (Fsp3) is 0.789. The maximum atomic E-state index is 12.4. The summed E-state index contributed by atoms with van der Waals surface area (Å²) in [4.78, 5) is 24.4. The van der Waals surface area contributed by atoms with Crippen LogP contribution < -0.4 is 0 Å². The Morgan fingerprint density at radius 2 is 1.86 bits per heavy atom. The molecule has 21 heavy (non-hydrogen) atoms. The molecular formula is C19H26O2. The van der Waals surface area contributed by atoms with Crippen LogP contribution in [0.5, 0.6) is 0 Å². The zero-order valence-corrected chi connectivity index (χ0v) is 13.2. The highest BCUT2D eigenvalue weighted by Gasteiger charge is 2.59. The predicted octanol–water partition coefficient (Wildman–Crippen LogP) is 3.94. The summed E-state index contributed by atoms with van der Waals surface area (Å²) in [5.41, 5.74) is 0.112. The fourth-order valence-electron chi connectivity index (χ4n) is 6.49. The Kier molecular flexibility index (Phi) is 2.81. The summed E-state index contributed by atoms with van der Waals surface area (Å²) in [6.07, 6.45) is 11.3. The van der Waals surface area contributed by atoms with Crippen molar-refractivity contribution in [3.05, 3.63) is 12.2 Å². The second-order valence-corrected chi connectivity index (χ2v) is 8.49. The van der Waals surface area contributed by atoms with Crippen molar-refractivity contribution in [2.45, 2.75) is 58.8 Å².